The normalized spacial score (nSPS) is 10.4. The summed E-state index contributed by atoms with van der Waals surface area (Å²) in [5.74, 6) is -1.58. The van der Waals surface area contributed by atoms with Gasteiger partial charge in [-0.15, -0.1) is 0 Å². The third-order valence-electron chi connectivity index (χ3n) is 5.88. The van der Waals surface area contributed by atoms with Crippen LogP contribution in [0.2, 0.25) is 0 Å². The first-order chi connectivity index (χ1) is 16.8. The molecule has 0 unspecified atom stereocenters. The smallest absolute Gasteiger partial charge is 0.315 e. The third kappa shape index (κ3) is 6.91. The number of carbonyl (C=O) groups is 1. The van der Waals surface area contributed by atoms with Gasteiger partial charge in [0.05, 0.1) is 12.0 Å². The van der Waals surface area contributed by atoms with Crippen LogP contribution in [0.1, 0.15) is 56.3 Å². The van der Waals surface area contributed by atoms with E-state index >= 15 is 0 Å². The zero-order valence-electron chi connectivity index (χ0n) is 20.7. The second-order valence-electron chi connectivity index (χ2n) is 8.99. The number of hydrogen-bond acceptors (Lipinski definition) is 2. The average Bonchev–Trinajstić information content (AvgIpc) is 2.80. The maximum Gasteiger partial charge on any atom is 0.315 e. The van der Waals surface area contributed by atoms with E-state index in [1.54, 1.807) is 0 Å². The lowest BCUT2D eigenvalue weighted by Gasteiger charge is -2.14. The summed E-state index contributed by atoms with van der Waals surface area (Å²) in [5.41, 5.74) is 8.32. The van der Waals surface area contributed by atoms with Crippen molar-refractivity contribution < 1.29 is 9.90 Å². The highest BCUT2D eigenvalue weighted by Crippen LogP contribution is 2.27. The average molecular weight is 462 g/mol. The molecule has 0 fully saturated rings. The van der Waals surface area contributed by atoms with Crippen LogP contribution in [-0.4, -0.2) is 11.1 Å². The molecule has 3 nitrogen and oxygen atoms in total. The summed E-state index contributed by atoms with van der Waals surface area (Å²) in [4.78, 5) is 11.5. The van der Waals surface area contributed by atoms with Crippen LogP contribution in [0.4, 0.5) is 0 Å². The Morgan fingerprint density at radius 2 is 0.943 bits per heavy atom. The van der Waals surface area contributed by atoms with E-state index in [1.807, 2.05) is 113 Å². The first-order valence-corrected chi connectivity index (χ1v) is 11.7. The zero-order valence-corrected chi connectivity index (χ0v) is 20.7. The summed E-state index contributed by atoms with van der Waals surface area (Å²) in [5, 5.41) is 18.8. The monoisotopic (exact) mass is 461 g/mol. The molecule has 0 aliphatic rings. The largest absolute Gasteiger partial charge is 0.481 e. The Bertz CT molecular complexity index is 1260. The van der Waals surface area contributed by atoms with Crippen LogP contribution in [0.3, 0.4) is 0 Å². The van der Waals surface area contributed by atoms with Crippen LogP contribution in [0.5, 0.6) is 0 Å². The van der Waals surface area contributed by atoms with Crippen molar-refractivity contribution in [1.82, 2.24) is 0 Å². The Balaban J connectivity index is 0.000000196. The summed E-state index contributed by atoms with van der Waals surface area (Å²) >= 11 is 0. The number of rotatable bonds is 5. The molecular formula is C32H31NO2. The molecule has 3 heteroatoms. The lowest BCUT2D eigenvalue weighted by molar-refractivity contribution is -0.137. The third-order valence-corrected chi connectivity index (χ3v) is 5.88. The van der Waals surface area contributed by atoms with Gasteiger partial charge in [0.2, 0.25) is 0 Å². The highest BCUT2D eigenvalue weighted by molar-refractivity contribution is 5.80. The molecule has 0 amide bonds. The second-order valence-corrected chi connectivity index (χ2v) is 8.99. The number of benzene rings is 4. The molecule has 0 bridgehead atoms. The molecule has 4 rings (SSSR count). The Labute approximate surface area is 208 Å². The molecular weight excluding hydrogens is 430 g/mol. The first-order valence-electron chi connectivity index (χ1n) is 11.7. The number of aliphatic carboxylic acids is 1. The van der Waals surface area contributed by atoms with Gasteiger partial charge in [-0.25, -0.2) is 0 Å². The summed E-state index contributed by atoms with van der Waals surface area (Å²) < 4.78 is 0. The molecule has 0 heterocycles. The van der Waals surface area contributed by atoms with Gasteiger partial charge in [-0.05, 0) is 49.9 Å². The van der Waals surface area contributed by atoms with Gasteiger partial charge in [0.25, 0.3) is 0 Å². The van der Waals surface area contributed by atoms with Gasteiger partial charge < -0.3 is 5.11 Å². The molecule has 1 N–H and O–H groups in total. The molecule has 0 aliphatic carbocycles. The van der Waals surface area contributed by atoms with Gasteiger partial charge in [-0.1, -0.05) is 119 Å². The SMILES string of the molecule is Cc1cccc(C(C#N)c2cccc(C)c2)c1.Cc1cccc(C(C(=O)O)c2cccc(C)c2)c1. The van der Waals surface area contributed by atoms with Crippen LogP contribution in [-0.2, 0) is 4.79 Å². The van der Waals surface area contributed by atoms with Crippen LogP contribution >= 0.6 is 0 Å². The Morgan fingerprint density at radius 1 is 0.629 bits per heavy atom. The lowest BCUT2D eigenvalue weighted by Crippen LogP contribution is -2.13. The van der Waals surface area contributed by atoms with E-state index in [4.69, 9.17) is 0 Å². The maximum absolute atomic E-state index is 11.5. The summed E-state index contributed by atoms with van der Waals surface area (Å²) in [6.45, 7) is 8.04. The van der Waals surface area contributed by atoms with Crippen molar-refractivity contribution in [2.45, 2.75) is 39.5 Å². The minimum Gasteiger partial charge on any atom is -0.481 e. The minimum absolute atomic E-state index is 0.171. The van der Waals surface area contributed by atoms with Crippen LogP contribution in [0.15, 0.2) is 97.1 Å². The summed E-state index contributed by atoms with van der Waals surface area (Å²) in [7, 11) is 0. The number of hydrogen-bond donors (Lipinski definition) is 1. The van der Waals surface area contributed by atoms with Crippen LogP contribution < -0.4 is 0 Å². The second kappa shape index (κ2) is 11.8. The van der Waals surface area contributed by atoms with Crippen molar-refractivity contribution in [2.24, 2.45) is 0 Å². The predicted molar refractivity (Wildman–Crippen MR) is 142 cm³/mol. The van der Waals surface area contributed by atoms with E-state index < -0.39 is 11.9 Å². The summed E-state index contributed by atoms with van der Waals surface area (Å²) in [6, 6.07) is 34.0. The highest BCUT2D eigenvalue weighted by atomic mass is 16.4. The predicted octanol–water partition coefficient (Wildman–Crippen LogP) is 7.48. The van der Waals surface area contributed by atoms with E-state index in [1.165, 1.54) is 11.1 Å². The van der Waals surface area contributed by atoms with Gasteiger partial charge in [-0.2, -0.15) is 5.26 Å². The van der Waals surface area contributed by atoms with Crippen molar-refractivity contribution in [3.05, 3.63) is 142 Å². The van der Waals surface area contributed by atoms with E-state index in [0.29, 0.717) is 0 Å². The van der Waals surface area contributed by atoms with E-state index in [0.717, 1.165) is 33.4 Å². The van der Waals surface area contributed by atoms with Crippen molar-refractivity contribution in [3.8, 4) is 6.07 Å². The first kappa shape index (κ1) is 25.5. The number of nitriles is 1. The maximum atomic E-state index is 11.5. The molecule has 35 heavy (non-hydrogen) atoms. The van der Waals surface area contributed by atoms with Gasteiger partial charge in [-0.3, -0.25) is 4.79 Å². The molecule has 0 saturated carbocycles. The van der Waals surface area contributed by atoms with Crippen molar-refractivity contribution in [3.63, 3.8) is 0 Å². The Kier molecular flexibility index (Phi) is 8.59. The molecule has 4 aromatic carbocycles. The molecule has 176 valence electrons. The molecule has 0 atom stereocenters. The van der Waals surface area contributed by atoms with Crippen molar-refractivity contribution in [2.75, 3.05) is 0 Å². The molecule has 0 aliphatic heterocycles. The standard InChI is InChI=1S/C16H15N.C16H16O2/c1-12-5-3-7-14(9-12)16(11-17)15-8-4-6-13(2)10-15;1-11-5-3-7-13(9-11)15(16(17)18)14-8-4-6-12(2)10-14/h3-10,16H,1-2H3;3-10,15H,1-2H3,(H,17,18). The van der Waals surface area contributed by atoms with Crippen LogP contribution in [0, 0.1) is 39.0 Å². The number of carboxylic acid groups (broad SMARTS) is 1. The van der Waals surface area contributed by atoms with Gasteiger partial charge in [0.15, 0.2) is 0 Å². The molecule has 0 spiro atoms. The van der Waals surface area contributed by atoms with E-state index in [9.17, 15) is 15.2 Å². The van der Waals surface area contributed by atoms with E-state index in [-0.39, 0.29) is 5.92 Å². The topological polar surface area (TPSA) is 61.1 Å². The minimum atomic E-state index is -0.814. The Morgan fingerprint density at radius 3 is 1.23 bits per heavy atom. The fourth-order valence-corrected chi connectivity index (χ4v) is 4.22. The van der Waals surface area contributed by atoms with Crippen LogP contribution in [0.25, 0.3) is 0 Å². The van der Waals surface area contributed by atoms with Gasteiger partial charge in [0, 0.05) is 0 Å². The fourth-order valence-electron chi connectivity index (χ4n) is 4.22. The highest BCUT2D eigenvalue weighted by Gasteiger charge is 2.22. The lowest BCUT2D eigenvalue weighted by atomic mass is 9.90. The van der Waals surface area contributed by atoms with E-state index in [2.05, 4.69) is 18.2 Å². The van der Waals surface area contributed by atoms with Gasteiger partial charge in [0.1, 0.15) is 5.92 Å². The quantitative estimate of drug-likeness (QED) is 0.335. The van der Waals surface area contributed by atoms with Gasteiger partial charge >= 0.3 is 5.97 Å². The van der Waals surface area contributed by atoms with Crippen molar-refractivity contribution >= 4 is 5.97 Å². The molecule has 0 radical (unpaired) electrons. The number of aryl methyl sites for hydroxylation is 4. The molecule has 0 aromatic heterocycles. The number of carboxylic acids is 1. The fraction of sp³-hybridized carbons (Fsp3) is 0.188. The Hall–Kier alpha value is -4.16. The molecule has 4 aromatic rings. The van der Waals surface area contributed by atoms with Crippen molar-refractivity contribution in [1.29, 1.82) is 5.26 Å². The zero-order chi connectivity index (χ0) is 25.4. The number of nitrogens with zero attached hydrogens (tertiary/aromatic N) is 1. The summed E-state index contributed by atoms with van der Waals surface area (Å²) in [6.07, 6.45) is 0. The molecule has 0 saturated heterocycles.